The highest BCUT2D eigenvalue weighted by molar-refractivity contribution is 6.32. The van der Waals surface area contributed by atoms with Crippen LogP contribution in [0.15, 0.2) is 24.5 Å². The normalized spacial score (nSPS) is 29.0. The van der Waals surface area contributed by atoms with E-state index in [0.29, 0.717) is 34.1 Å². The predicted molar refractivity (Wildman–Crippen MR) is 95.7 cm³/mol. The number of hydrogen-bond acceptors (Lipinski definition) is 6. The van der Waals surface area contributed by atoms with Crippen molar-refractivity contribution in [2.75, 3.05) is 23.7 Å². The SMILES string of the molecule is CC1(N)C[C@H]2CN(c3cnc(-c4cccnc4Cl)c(N)n3)C[C@H]2C1. The lowest BCUT2D eigenvalue weighted by Gasteiger charge is -2.23. The molecule has 0 spiro atoms. The number of aromatic nitrogens is 3. The fraction of sp³-hybridized carbons (Fsp3) is 0.471. The largest absolute Gasteiger partial charge is 0.382 e. The Hall–Kier alpha value is -1.92. The zero-order valence-corrected chi connectivity index (χ0v) is 14.4. The molecule has 126 valence electrons. The van der Waals surface area contributed by atoms with E-state index in [2.05, 4.69) is 26.8 Å². The minimum atomic E-state index is -0.0208. The highest BCUT2D eigenvalue weighted by Crippen LogP contribution is 2.43. The number of nitrogens with two attached hydrogens (primary N) is 2. The van der Waals surface area contributed by atoms with Crippen LogP contribution in [0.25, 0.3) is 11.3 Å². The van der Waals surface area contributed by atoms with Crippen molar-refractivity contribution in [1.82, 2.24) is 15.0 Å². The topological polar surface area (TPSA) is 94.0 Å². The van der Waals surface area contributed by atoms with Crippen molar-refractivity contribution in [2.24, 2.45) is 17.6 Å². The molecule has 1 saturated heterocycles. The molecule has 7 heteroatoms. The lowest BCUT2D eigenvalue weighted by molar-refractivity contribution is 0.449. The third-order valence-electron chi connectivity index (χ3n) is 5.16. The van der Waals surface area contributed by atoms with Crippen LogP contribution in [-0.4, -0.2) is 33.6 Å². The van der Waals surface area contributed by atoms with Gasteiger partial charge in [0.25, 0.3) is 0 Å². The van der Waals surface area contributed by atoms with Crippen molar-refractivity contribution in [3.05, 3.63) is 29.7 Å². The molecule has 0 amide bonds. The summed E-state index contributed by atoms with van der Waals surface area (Å²) in [7, 11) is 0. The molecule has 4 rings (SSSR count). The summed E-state index contributed by atoms with van der Waals surface area (Å²) in [6.07, 6.45) is 5.55. The molecule has 4 N–H and O–H groups in total. The van der Waals surface area contributed by atoms with E-state index < -0.39 is 0 Å². The number of halogens is 1. The Bertz CT molecular complexity index is 761. The second-order valence-corrected chi connectivity index (χ2v) is 7.65. The van der Waals surface area contributed by atoms with E-state index in [1.165, 1.54) is 0 Å². The zero-order valence-electron chi connectivity index (χ0n) is 13.6. The van der Waals surface area contributed by atoms with E-state index in [-0.39, 0.29) is 5.54 Å². The molecule has 1 aliphatic carbocycles. The summed E-state index contributed by atoms with van der Waals surface area (Å²) in [5.74, 6) is 2.47. The van der Waals surface area contributed by atoms with Gasteiger partial charge in [0, 0.05) is 30.4 Å². The van der Waals surface area contributed by atoms with E-state index in [1.54, 1.807) is 12.4 Å². The van der Waals surface area contributed by atoms with Gasteiger partial charge in [0.2, 0.25) is 0 Å². The maximum Gasteiger partial charge on any atom is 0.152 e. The number of rotatable bonds is 2. The molecule has 24 heavy (non-hydrogen) atoms. The molecule has 2 aliphatic rings. The summed E-state index contributed by atoms with van der Waals surface area (Å²) >= 11 is 6.13. The van der Waals surface area contributed by atoms with Crippen molar-refractivity contribution in [2.45, 2.75) is 25.3 Å². The Labute approximate surface area is 146 Å². The fourth-order valence-electron chi connectivity index (χ4n) is 4.19. The molecule has 2 aromatic rings. The highest BCUT2D eigenvalue weighted by atomic mass is 35.5. The first-order valence-electron chi connectivity index (χ1n) is 8.20. The number of nitrogen functional groups attached to an aromatic ring is 1. The molecular weight excluding hydrogens is 324 g/mol. The molecule has 2 aromatic heterocycles. The van der Waals surface area contributed by atoms with Gasteiger partial charge in [-0.2, -0.15) is 0 Å². The third kappa shape index (κ3) is 2.70. The van der Waals surface area contributed by atoms with E-state index in [0.717, 1.165) is 31.7 Å². The van der Waals surface area contributed by atoms with Crippen molar-refractivity contribution < 1.29 is 0 Å². The number of pyridine rings is 1. The van der Waals surface area contributed by atoms with Crippen LogP contribution in [0.2, 0.25) is 5.15 Å². The molecular formula is C17H21ClN6. The smallest absolute Gasteiger partial charge is 0.152 e. The molecule has 1 unspecified atom stereocenters. The van der Waals surface area contributed by atoms with Crippen LogP contribution in [0.4, 0.5) is 11.6 Å². The predicted octanol–water partition coefficient (Wildman–Crippen LogP) is 2.34. The van der Waals surface area contributed by atoms with Crippen molar-refractivity contribution in [3.63, 3.8) is 0 Å². The maximum atomic E-state index is 6.29. The summed E-state index contributed by atoms with van der Waals surface area (Å²) in [4.78, 5) is 15.4. The first-order chi connectivity index (χ1) is 11.4. The Balaban J connectivity index is 1.57. The molecule has 0 aromatic carbocycles. The quantitative estimate of drug-likeness (QED) is 0.812. The second-order valence-electron chi connectivity index (χ2n) is 7.29. The van der Waals surface area contributed by atoms with Crippen molar-refractivity contribution in [1.29, 1.82) is 0 Å². The molecule has 0 bridgehead atoms. The average molecular weight is 345 g/mol. The van der Waals surface area contributed by atoms with Crippen LogP contribution >= 0.6 is 11.6 Å². The standard InChI is InChI=1S/C17H21ClN6/c1-17(20)5-10-8-24(9-11(10)6-17)13-7-22-14(16(19)23-13)12-3-2-4-21-15(12)18/h2-4,7,10-11H,5-6,8-9,20H2,1H3,(H2,19,23)/t10-,11+,17?. The third-order valence-corrected chi connectivity index (χ3v) is 5.46. The molecule has 3 atom stereocenters. The van der Waals surface area contributed by atoms with Gasteiger partial charge in [0.1, 0.15) is 16.7 Å². The Kier molecular flexibility index (Phi) is 3.62. The number of nitrogens with zero attached hydrogens (tertiary/aromatic N) is 4. The van der Waals surface area contributed by atoms with Gasteiger partial charge in [-0.1, -0.05) is 11.6 Å². The van der Waals surface area contributed by atoms with Gasteiger partial charge in [0.15, 0.2) is 5.82 Å². The van der Waals surface area contributed by atoms with Gasteiger partial charge in [-0.05, 0) is 43.7 Å². The van der Waals surface area contributed by atoms with Gasteiger partial charge in [-0.25, -0.2) is 15.0 Å². The van der Waals surface area contributed by atoms with Crippen LogP contribution < -0.4 is 16.4 Å². The minimum absolute atomic E-state index is 0.0208. The molecule has 3 heterocycles. The van der Waals surface area contributed by atoms with Crippen LogP contribution in [-0.2, 0) is 0 Å². The van der Waals surface area contributed by atoms with Gasteiger partial charge in [-0.3, -0.25) is 0 Å². The summed E-state index contributed by atoms with van der Waals surface area (Å²) in [6.45, 7) is 4.09. The van der Waals surface area contributed by atoms with Gasteiger partial charge >= 0.3 is 0 Å². The van der Waals surface area contributed by atoms with E-state index in [1.807, 2.05) is 12.1 Å². The van der Waals surface area contributed by atoms with Gasteiger partial charge in [-0.15, -0.1) is 0 Å². The van der Waals surface area contributed by atoms with Crippen molar-refractivity contribution >= 4 is 23.2 Å². The summed E-state index contributed by atoms with van der Waals surface area (Å²) in [6, 6.07) is 3.65. The molecule has 1 aliphatic heterocycles. The maximum absolute atomic E-state index is 6.29. The number of fused-ring (bicyclic) bond motifs is 1. The van der Waals surface area contributed by atoms with Crippen LogP contribution in [0.5, 0.6) is 0 Å². The first-order valence-corrected chi connectivity index (χ1v) is 8.58. The summed E-state index contributed by atoms with van der Waals surface area (Å²) < 4.78 is 0. The number of anilines is 2. The van der Waals surface area contributed by atoms with Crippen LogP contribution in [0.1, 0.15) is 19.8 Å². The van der Waals surface area contributed by atoms with Crippen LogP contribution in [0, 0.1) is 11.8 Å². The minimum Gasteiger partial charge on any atom is -0.382 e. The monoisotopic (exact) mass is 344 g/mol. The highest BCUT2D eigenvalue weighted by Gasteiger charge is 2.45. The average Bonchev–Trinajstić information content (AvgIpc) is 3.01. The van der Waals surface area contributed by atoms with E-state index in [9.17, 15) is 0 Å². The van der Waals surface area contributed by atoms with Gasteiger partial charge in [0.05, 0.1) is 6.20 Å². The summed E-state index contributed by atoms with van der Waals surface area (Å²) in [5, 5.41) is 0.379. The first kappa shape index (κ1) is 15.6. The Morgan fingerprint density at radius 3 is 2.58 bits per heavy atom. The molecule has 1 saturated carbocycles. The van der Waals surface area contributed by atoms with Crippen molar-refractivity contribution in [3.8, 4) is 11.3 Å². The second kappa shape index (κ2) is 5.57. The Morgan fingerprint density at radius 1 is 1.25 bits per heavy atom. The Morgan fingerprint density at radius 2 is 1.96 bits per heavy atom. The lowest BCUT2D eigenvalue weighted by Crippen LogP contribution is -2.35. The zero-order chi connectivity index (χ0) is 16.9. The van der Waals surface area contributed by atoms with E-state index >= 15 is 0 Å². The molecule has 0 radical (unpaired) electrons. The fourth-order valence-corrected chi connectivity index (χ4v) is 4.39. The molecule has 2 fully saturated rings. The lowest BCUT2D eigenvalue weighted by atomic mass is 10.00. The number of hydrogen-bond donors (Lipinski definition) is 2. The van der Waals surface area contributed by atoms with Crippen LogP contribution in [0.3, 0.4) is 0 Å². The van der Waals surface area contributed by atoms with E-state index in [4.69, 9.17) is 23.1 Å². The summed E-state index contributed by atoms with van der Waals surface area (Å²) in [5.41, 5.74) is 13.7. The van der Waals surface area contributed by atoms with Gasteiger partial charge < -0.3 is 16.4 Å². The molecule has 6 nitrogen and oxygen atoms in total.